The van der Waals surface area contributed by atoms with Gasteiger partial charge in [-0.1, -0.05) is 13.3 Å². The minimum absolute atomic E-state index is 0.00721. The van der Waals surface area contributed by atoms with E-state index in [2.05, 4.69) is 21.8 Å². The number of aromatic nitrogens is 2. The van der Waals surface area contributed by atoms with Gasteiger partial charge in [-0.3, -0.25) is 4.79 Å². The van der Waals surface area contributed by atoms with Crippen molar-refractivity contribution in [2.75, 3.05) is 31.6 Å². The summed E-state index contributed by atoms with van der Waals surface area (Å²) in [7, 11) is 1.84. The van der Waals surface area contributed by atoms with E-state index in [1.807, 2.05) is 14.0 Å². The van der Waals surface area contributed by atoms with Crippen molar-refractivity contribution in [1.82, 2.24) is 14.9 Å². The Labute approximate surface area is 127 Å². The average molecular weight is 290 g/mol. The Morgan fingerprint density at radius 3 is 2.67 bits per heavy atom. The quantitative estimate of drug-likeness (QED) is 0.836. The van der Waals surface area contributed by atoms with Crippen LogP contribution < -0.4 is 4.90 Å². The van der Waals surface area contributed by atoms with Gasteiger partial charge in [0.1, 0.15) is 5.69 Å². The number of aryl methyl sites for hydroxylation is 1. The fourth-order valence-corrected chi connectivity index (χ4v) is 2.59. The molecule has 1 fully saturated rings. The molecule has 0 spiro atoms. The predicted molar refractivity (Wildman–Crippen MR) is 84.7 cm³/mol. The first-order chi connectivity index (χ1) is 10.1. The van der Waals surface area contributed by atoms with Crippen LogP contribution in [0.3, 0.4) is 0 Å². The molecule has 0 N–H and O–H groups in total. The van der Waals surface area contributed by atoms with Crippen LogP contribution in [-0.2, 0) is 0 Å². The standard InChI is InChI=1S/C16H26N4O/c1-4-5-9-19(3)15(21)14-12-13(2)17-16(18-14)20-10-7-6-8-11-20/h12H,4-11H2,1-3H3. The lowest BCUT2D eigenvalue weighted by atomic mass is 10.1. The van der Waals surface area contributed by atoms with E-state index in [1.54, 1.807) is 11.0 Å². The Balaban J connectivity index is 2.15. The number of rotatable bonds is 5. The number of anilines is 1. The van der Waals surface area contributed by atoms with Gasteiger partial charge in [0.15, 0.2) is 0 Å². The van der Waals surface area contributed by atoms with Crippen LogP contribution in [0.15, 0.2) is 6.07 Å². The molecule has 5 heteroatoms. The molecular formula is C16H26N4O. The molecule has 1 aromatic heterocycles. The van der Waals surface area contributed by atoms with Crippen molar-refractivity contribution >= 4 is 11.9 Å². The number of hydrogen-bond acceptors (Lipinski definition) is 4. The van der Waals surface area contributed by atoms with Gasteiger partial charge in [-0.15, -0.1) is 0 Å². The lowest BCUT2D eigenvalue weighted by Crippen LogP contribution is -2.33. The Morgan fingerprint density at radius 1 is 1.29 bits per heavy atom. The molecule has 1 amide bonds. The molecule has 0 aromatic carbocycles. The highest BCUT2D eigenvalue weighted by Gasteiger charge is 2.18. The Morgan fingerprint density at radius 2 is 2.00 bits per heavy atom. The molecule has 0 saturated carbocycles. The topological polar surface area (TPSA) is 49.3 Å². The molecule has 0 aliphatic carbocycles. The maximum atomic E-state index is 12.5. The summed E-state index contributed by atoms with van der Waals surface area (Å²) in [4.78, 5) is 25.4. The number of carbonyl (C=O) groups is 1. The lowest BCUT2D eigenvalue weighted by Gasteiger charge is -2.27. The highest BCUT2D eigenvalue weighted by molar-refractivity contribution is 5.92. The third-order valence-corrected chi connectivity index (χ3v) is 3.89. The van der Waals surface area contributed by atoms with Crippen LogP contribution in [0.4, 0.5) is 5.95 Å². The molecule has 0 bridgehead atoms. The van der Waals surface area contributed by atoms with Gasteiger partial charge >= 0.3 is 0 Å². The monoisotopic (exact) mass is 290 g/mol. The first-order valence-corrected chi connectivity index (χ1v) is 7.98. The molecule has 1 aliphatic heterocycles. The van der Waals surface area contributed by atoms with Crippen molar-refractivity contribution in [2.24, 2.45) is 0 Å². The molecule has 1 saturated heterocycles. The summed E-state index contributed by atoms with van der Waals surface area (Å²) < 4.78 is 0. The van der Waals surface area contributed by atoms with Crippen molar-refractivity contribution in [1.29, 1.82) is 0 Å². The van der Waals surface area contributed by atoms with Crippen LogP contribution in [0.2, 0.25) is 0 Å². The molecule has 2 rings (SSSR count). The number of nitrogens with zero attached hydrogens (tertiary/aromatic N) is 4. The predicted octanol–water partition coefficient (Wildman–Crippen LogP) is 2.65. The summed E-state index contributed by atoms with van der Waals surface area (Å²) in [5.74, 6) is 0.703. The van der Waals surface area contributed by atoms with Crippen LogP contribution in [0.1, 0.15) is 55.2 Å². The van der Waals surface area contributed by atoms with Crippen molar-refractivity contribution < 1.29 is 4.79 Å². The molecule has 116 valence electrons. The zero-order valence-electron chi connectivity index (χ0n) is 13.4. The molecular weight excluding hydrogens is 264 g/mol. The van der Waals surface area contributed by atoms with Crippen molar-refractivity contribution in [3.05, 3.63) is 17.5 Å². The Kier molecular flexibility index (Phi) is 5.53. The number of carbonyl (C=O) groups excluding carboxylic acids is 1. The molecule has 0 unspecified atom stereocenters. The van der Waals surface area contributed by atoms with Crippen LogP contribution in [0.25, 0.3) is 0 Å². The van der Waals surface area contributed by atoms with Gasteiger partial charge in [0.05, 0.1) is 0 Å². The summed E-state index contributed by atoms with van der Waals surface area (Å²) in [6.07, 6.45) is 5.73. The summed E-state index contributed by atoms with van der Waals surface area (Å²) in [5, 5.41) is 0. The molecule has 5 nitrogen and oxygen atoms in total. The van der Waals surface area contributed by atoms with Crippen molar-refractivity contribution in [3.63, 3.8) is 0 Å². The Hall–Kier alpha value is -1.65. The minimum Gasteiger partial charge on any atom is -0.341 e. The van der Waals surface area contributed by atoms with Crippen LogP contribution >= 0.6 is 0 Å². The third-order valence-electron chi connectivity index (χ3n) is 3.89. The lowest BCUT2D eigenvalue weighted by molar-refractivity contribution is 0.0787. The maximum absolute atomic E-state index is 12.5. The fraction of sp³-hybridized carbons (Fsp3) is 0.688. The summed E-state index contributed by atoms with van der Waals surface area (Å²) >= 11 is 0. The fourth-order valence-electron chi connectivity index (χ4n) is 2.59. The molecule has 0 radical (unpaired) electrons. The van der Waals surface area contributed by atoms with Gasteiger partial charge in [0, 0.05) is 32.4 Å². The normalized spacial score (nSPS) is 15.1. The van der Waals surface area contributed by atoms with Crippen LogP contribution in [0.5, 0.6) is 0 Å². The summed E-state index contributed by atoms with van der Waals surface area (Å²) in [6, 6.07) is 1.79. The van der Waals surface area contributed by atoms with Crippen LogP contribution in [0, 0.1) is 6.92 Å². The minimum atomic E-state index is -0.00721. The highest BCUT2D eigenvalue weighted by atomic mass is 16.2. The molecule has 2 heterocycles. The van der Waals surface area contributed by atoms with E-state index in [4.69, 9.17) is 0 Å². The average Bonchev–Trinajstić information content (AvgIpc) is 2.52. The van der Waals surface area contributed by atoms with Crippen molar-refractivity contribution in [3.8, 4) is 0 Å². The third kappa shape index (κ3) is 4.16. The van der Waals surface area contributed by atoms with Gasteiger partial charge in [0.25, 0.3) is 5.91 Å². The largest absolute Gasteiger partial charge is 0.341 e. The van der Waals surface area contributed by atoms with E-state index >= 15 is 0 Å². The second kappa shape index (κ2) is 7.38. The van der Waals surface area contributed by atoms with E-state index in [9.17, 15) is 4.79 Å². The zero-order chi connectivity index (χ0) is 15.2. The van der Waals surface area contributed by atoms with Crippen LogP contribution in [-0.4, -0.2) is 47.5 Å². The van der Waals surface area contributed by atoms with E-state index in [-0.39, 0.29) is 5.91 Å². The SMILES string of the molecule is CCCCN(C)C(=O)c1cc(C)nc(N2CCCCC2)n1. The van der Waals surface area contributed by atoms with Crippen molar-refractivity contribution in [2.45, 2.75) is 46.0 Å². The Bertz CT molecular complexity index is 483. The molecule has 0 atom stereocenters. The first kappa shape index (κ1) is 15.7. The van der Waals surface area contributed by atoms with E-state index in [0.29, 0.717) is 11.6 Å². The summed E-state index contributed by atoms with van der Waals surface area (Å²) in [6.45, 7) is 6.81. The number of piperidine rings is 1. The second-order valence-corrected chi connectivity index (χ2v) is 5.82. The molecule has 1 aliphatic rings. The van der Waals surface area contributed by atoms with E-state index in [1.165, 1.54) is 19.3 Å². The van der Waals surface area contributed by atoms with Gasteiger partial charge in [-0.25, -0.2) is 9.97 Å². The smallest absolute Gasteiger partial charge is 0.272 e. The number of hydrogen-bond donors (Lipinski definition) is 0. The first-order valence-electron chi connectivity index (χ1n) is 7.98. The van der Waals surface area contributed by atoms with Gasteiger partial charge in [0.2, 0.25) is 5.95 Å². The number of unbranched alkanes of at least 4 members (excludes halogenated alkanes) is 1. The number of amides is 1. The summed E-state index contributed by atoms with van der Waals surface area (Å²) in [5.41, 5.74) is 1.37. The van der Waals surface area contributed by atoms with Gasteiger partial charge < -0.3 is 9.80 Å². The maximum Gasteiger partial charge on any atom is 0.272 e. The highest BCUT2D eigenvalue weighted by Crippen LogP contribution is 2.17. The zero-order valence-corrected chi connectivity index (χ0v) is 13.4. The molecule has 21 heavy (non-hydrogen) atoms. The van der Waals surface area contributed by atoms with E-state index in [0.717, 1.165) is 38.2 Å². The van der Waals surface area contributed by atoms with Gasteiger partial charge in [-0.05, 0) is 38.7 Å². The van der Waals surface area contributed by atoms with Gasteiger partial charge in [-0.2, -0.15) is 0 Å². The molecule has 1 aromatic rings. The second-order valence-electron chi connectivity index (χ2n) is 5.82. The van der Waals surface area contributed by atoms with E-state index < -0.39 is 0 Å².